The van der Waals surface area contributed by atoms with Gasteiger partial charge in [-0.1, -0.05) is 41.6 Å². The lowest BCUT2D eigenvalue weighted by Gasteiger charge is -2.09. The first-order valence-electron chi connectivity index (χ1n) is 7.65. The van der Waals surface area contributed by atoms with Gasteiger partial charge in [-0.05, 0) is 49.7 Å². The molecule has 1 atom stereocenters. The van der Waals surface area contributed by atoms with Crippen LogP contribution in [0, 0.1) is 6.92 Å². The Kier molecular flexibility index (Phi) is 5.40. The fourth-order valence-corrected chi connectivity index (χ4v) is 2.97. The topological polar surface area (TPSA) is 68.0 Å². The SMILES string of the molecule is Cc1ccccc1-c1nnc(SC(C)C(=O)Nc2ccc(Cl)cc2)o1. The van der Waals surface area contributed by atoms with Crippen molar-refractivity contribution in [2.75, 3.05) is 5.32 Å². The number of aromatic nitrogens is 2. The standard InChI is InChI=1S/C18H16ClN3O2S/c1-11-5-3-4-6-15(11)17-21-22-18(24-17)25-12(2)16(23)20-14-9-7-13(19)8-10-14/h3-10,12H,1-2H3,(H,20,23). The van der Waals surface area contributed by atoms with E-state index in [0.29, 0.717) is 21.8 Å². The molecule has 0 saturated carbocycles. The zero-order valence-electron chi connectivity index (χ0n) is 13.7. The van der Waals surface area contributed by atoms with Crippen LogP contribution in [0.3, 0.4) is 0 Å². The number of carbonyl (C=O) groups excluding carboxylic acids is 1. The number of aryl methyl sites for hydroxylation is 1. The van der Waals surface area contributed by atoms with E-state index in [4.69, 9.17) is 16.0 Å². The Bertz CT molecular complexity index is 880. The molecule has 25 heavy (non-hydrogen) atoms. The van der Waals surface area contributed by atoms with Crippen molar-refractivity contribution in [1.29, 1.82) is 0 Å². The van der Waals surface area contributed by atoms with Crippen LogP contribution in [-0.4, -0.2) is 21.4 Å². The van der Waals surface area contributed by atoms with Crippen molar-refractivity contribution in [3.05, 3.63) is 59.1 Å². The van der Waals surface area contributed by atoms with E-state index in [1.807, 2.05) is 31.2 Å². The molecule has 1 amide bonds. The molecular weight excluding hydrogens is 358 g/mol. The van der Waals surface area contributed by atoms with Gasteiger partial charge in [0.2, 0.25) is 11.8 Å². The van der Waals surface area contributed by atoms with Gasteiger partial charge < -0.3 is 9.73 Å². The van der Waals surface area contributed by atoms with E-state index in [1.165, 1.54) is 11.8 Å². The quantitative estimate of drug-likeness (QED) is 0.649. The molecule has 0 aliphatic rings. The first-order chi connectivity index (χ1) is 12.0. The minimum atomic E-state index is -0.388. The summed E-state index contributed by atoms with van der Waals surface area (Å²) >= 11 is 7.05. The number of thioether (sulfide) groups is 1. The first kappa shape index (κ1) is 17.5. The van der Waals surface area contributed by atoms with E-state index in [1.54, 1.807) is 31.2 Å². The lowest BCUT2D eigenvalue weighted by Crippen LogP contribution is -2.22. The largest absolute Gasteiger partial charge is 0.411 e. The maximum Gasteiger partial charge on any atom is 0.277 e. The minimum Gasteiger partial charge on any atom is -0.411 e. The molecule has 1 aromatic heterocycles. The third-order valence-corrected chi connectivity index (χ3v) is 4.73. The summed E-state index contributed by atoms with van der Waals surface area (Å²) in [5.41, 5.74) is 2.63. The molecule has 0 fully saturated rings. The van der Waals surface area contributed by atoms with Crippen LogP contribution in [0.5, 0.6) is 0 Å². The second-order valence-electron chi connectivity index (χ2n) is 5.44. The summed E-state index contributed by atoms with van der Waals surface area (Å²) in [7, 11) is 0. The summed E-state index contributed by atoms with van der Waals surface area (Å²) in [6.45, 7) is 3.77. The van der Waals surface area contributed by atoms with E-state index in [-0.39, 0.29) is 11.2 Å². The molecule has 0 bridgehead atoms. The van der Waals surface area contributed by atoms with Crippen molar-refractivity contribution in [3.63, 3.8) is 0 Å². The second-order valence-corrected chi connectivity index (χ2v) is 7.17. The number of nitrogens with one attached hydrogen (secondary N) is 1. The third-order valence-electron chi connectivity index (χ3n) is 3.54. The Morgan fingerprint density at radius 2 is 1.88 bits per heavy atom. The first-order valence-corrected chi connectivity index (χ1v) is 8.91. The molecule has 1 unspecified atom stereocenters. The van der Waals surface area contributed by atoms with Gasteiger partial charge in [-0.3, -0.25) is 4.79 Å². The highest BCUT2D eigenvalue weighted by molar-refractivity contribution is 8.00. The summed E-state index contributed by atoms with van der Waals surface area (Å²) in [5.74, 6) is 0.300. The molecule has 0 aliphatic heterocycles. The van der Waals surface area contributed by atoms with Gasteiger partial charge in [0.05, 0.1) is 5.25 Å². The Morgan fingerprint density at radius 1 is 1.16 bits per heavy atom. The van der Waals surface area contributed by atoms with E-state index in [9.17, 15) is 4.79 Å². The number of anilines is 1. The molecule has 0 spiro atoms. The van der Waals surface area contributed by atoms with Crippen LogP contribution in [0.15, 0.2) is 58.2 Å². The molecule has 1 N–H and O–H groups in total. The smallest absolute Gasteiger partial charge is 0.277 e. The highest BCUT2D eigenvalue weighted by Gasteiger charge is 2.19. The molecule has 0 radical (unpaired) electrons. The highest BCUT2D eigenvalue weighted by Crippen LogP contribution is 2.28. The molecule has 1 heterocycles. The number of carbonyl (C=O) groups is 1. The number of nitrogens with zero attached hydrogens (tertiary/aromatic N) is 2. The third kappa shape index (κ3) is 4.41. The number of hydrogen-bond donors (Lipinski definition) is 1. The van der Waals surface area contributed by atoms with E-state index < -0.39 is 0 Å². The molecule has 7 heteroatoms. The molecule has 0 saturated heterocycles. The Hall–Kier alpha value is -2.31. The van der Waals surface area contributed by atoms with Crippen LogP contribution < -0.4 is 5.32 Å². The molecule has 3 rings (SSSR count). The lowest BCUT2D eigenvalue weighted by atomic mass is 10.1. The average Bonchev–Trinajstić information content (AvgIpc) is 3.05. The van der Waals surface area contributed by atoms with Gasteiger partial charge >= 0.3 is 0 Å². The summed E-state index contributed by atoms with van der Waals surface area (Å²) in [4.78, 5) is 12.3. The van der Waals surface area contributed by atoms with Gasteiger partial charge in [-0.2, -0.15) is 0 Å². The van der Waals surface area contributed by atoms with Crippen molar-refractivity contribution in [2.45, 2.75) is 24.3 Å². The summed E-state index contributed by atoms with van der Waals surface area (Å²) in [6.07, 6.45) is 0. The van der Waals surface area contributed by atoms with Crippen molar-refractivity contribution >= 4 is 35.0 Å². The van der Waals surface area contributed by atoms with Gasteiger partial charge in [0.15, 0.2) is 0 Å². The molecule has 0 aliphatic carbocycles. The zero-order chi connectivity index (χ0) is 17.8. The van der Waals surface area contributed by atoms with Crippen molar-refractivity contribution in [3.8, 4) is 11.5 Å². The van der Waals surface area contributed by atoms with Crippen molar-refractivity contribution in [2.24, 2.45) is 0 Å². The van der Waals surface area contributed by atoms with Gasteiger partial charge in [-0.15, -0.1) is 10.2 Å². The van der Waals surface area contributed by atoms with Gasteiger partial charge in [0.25, 0.3) is 5.22 Å². The van der Waals surface area contributed by atoms with Crippen LogP contribution in [0.1, 0.15) is 12.5 Å². The van der Waals surface area contributed by atoms with Crippen LogP contribution in [-0.2, 0) is 4.79 Å². The van der Waals surface area contributed by atoms with Crippen LogP contribution in [0.25, 0.3) is 11.5 Å². The summed E-state index contributed by atoms with van der Waals surface area (Å²) in [5, 5.41) is 11.5. The normalized spacial score (nSPS) is 12.0. The molecule has 2 aromatic carbocycles. The maximum atomic E-state index is 12.3. The predicted molar refractivity (Wildman–Crippen MR) is 99.9 cm³/mol. The summed E-state index contributed by atoms with van der Waals surface area (Å²) in [6, 6.07) is 14.7. The fraction of sp³-hybridized carbons (Fsp3) is 0.167. The number of amides is 1. The number of hydrogen-bond acceptors (Lipinski definition) is 5. The average molecular weight is 374 g/mol. The van der Waals surface area contributed by atoms with Gasteiger partial charge in [-0.25, -0.2) is 0 Å². The van der Waals surface area contributed by atoms with Crippen LogP contribution in [0.2, 0.25) is 5.02 Å². The van der Waals surface area contributed by atoms with Crippen LogP contribution >= 0.6 is 23.4 Å². The van der Waals surface area contributed by atoms with E-state index in [2.05, 4.69) is 15.5 Å². The van der Waals surface area contributed by atoms with Gasteiger partial charge in [0.1, 0.15) is 0 Å². The van der Waals surface area contributed by atoms with Crippen LogP contribution in [0.4, 0.5) is 5.69 Å². The van der Waals surface area contributed by atoms with E-state index >= 15 is 0 Å². The van der Waals surface area contributed by atoms with E-state index in [0.717, 1.165) is 11.1 Å². The number of rotatable bonds is 5. The lowest BCUT2D eigenvalue weighted by molar-refractivity contribution is -0.115. The number of halogens is 1. The minimum absolute atomic E-state index is 0.150. The molecule has 128 valence electrons. The van der Waals surface area contributed by atoms with Gasteiger partial charge in [0, 0.05) is 16.3 Å². The molecule has 3 aromatic rings. The monoisotopic (exact) mass is 373 g/mol. The second kappa shape index (κ2) is 7.72. The Morgan fingerprint density at radius 3 is 2.60 bits per heavy atom. The maximum absolute atomic E-state index is 12.3. The zero-order valence-corrected chi connectivity index (χ0v) is 15.3. The Balaban J connectivity index is 1.65. The Labute approximate surface area is 154 Å². The van der Waals surface area contributed by atoms with Crippen molar-refractivity contribution < 1.29 is 9.21 Å². The number of benzene rings is 2. The summed E-state index contributed by atoms with van der Waals surface area (Å²) < 4.78 is 5.68. The fourth-order valence-electron chi connectivity index (χ4n) is 2.16. The molecule has 5 nitrogen and oxygen atoms in total. The van der Waals surface area contributed by atoms with Crippen molar-refractivity contribution in [1.82, 2.24) is 10.2 Å². The predicted octanol–water partition coefficient (Wildman–Crippen LogP) is 4.82. The molecular formula is C18H16ClN3O2S. The highest BCUT2D eigenvalue weighted by atomic mass is 35.5.